The van der Waals surface area contributed by atoms with E-state index in [1.807, 2.05) is 0 Å². The zero-order chi connectivity index (χ0) is 23.1. The van der Waals surface area contributed by atoms with Crippen LogP contribution in [0.2, 0.25) is 0 Å². The largest absolute Gasteiger partial charge is 0.417 e. The molecule has 1 heterocycles. The highest BCUT2D eigenvalue weighted by molar-refractivity contribution is 6.04. The summed E-state index contributed by atoms with van der Waals surface area (Å²) in [4.78, 5) is 14.8. The fraction of sp³-hybridized carbons (Fsp3) is 0.375. The van der Waals surface area contributed by atoms with Crippen LogP contribution in [0.15, 0.2) is 36.4 Å². The summed E-state index contributed by atoms with van der Waals surface area (Å²) in [6.07, 6.45) is 0.959. The summed E-state index contributed by atoms with van der Waals surface area (Å²) >= 11 is 0. The van der Waals surface area contributed by atoms with E-state index < -0.39 is 17.6 Å². The number of alkyl halides is 3. The van der Waals surface area contributed by atoms with Crippen LogP contribution in [0.1, 0.15) is 32.6 Å². The lowest BCUT2D eigenvalue weighted by Crippen LogP contribution is -2.45. The summed E-state index contributed by atoms with van der Waals surface area (Å²) in [5.74, 6) is 1.88. The molecule has 32 heavy (non-hydrogen) atoms. The van der Waals surface area contributed by atoms with Gasteiger partial charge in [-0.3, -0.25) is 9.69 Å². The second-order valence-electron chi connectivity index (χ2n) is 7.68. The number of nitrogens with zero attached hydrogens (tertiary/aromatic N) is 1. The normalized spacial score (nSPS) is 14.7. The molecule has 3 N–H and O–H groups in total. The molecule has 1 saturated heterocycles. The first kappa shape index (κ1) is 23.8. The molecule has 0 atom stereocenters. The van der Waals surface area contributed by atoms with Gasteiger partial charge in [0.25, 0.3) is 5.91 Å². The molecule has 0 aromatic heterocycles. The van der Waals surface area contributed by atoms with Gasteiger partial charge in [-0.1, -0.05) is 24.1 Å². The van der Waals surface area contributed by atoms with Crippen molar-refractivity contribution in [2.75, 3.05) is 44.6 Å². The molecule has 0 saturated carbocycles. The van der Waals surface area contributed by atoms with Gasteiger partial charge in [-0.25, -0.2) is 0 Å². The minimum Gasteiger partial charge on any atom is -0.322 e. The second-order valence-corrected chi connectivity index (χ2v) is 7.68. The van der Waals surface area contributed by atoms with E-state index in [0.29, 0.717) is 12.1 Å². The van der Waals surface area contributed by atoms with Crippen LogP contribution in [0.25, 0.3) is 0 Å². The Hall–Kier alpha value is -2.86. The zero-order valence-electron chi connectivity index (χ0n) is 18.0. The molecule has 0 radical (unpaired) electrons. The van der Waals surface area contributed by atoms with E-state index in [1.54, 1.807) is 30.3 Å². The first-order valence-electron chi connectivity index (χ1n) is 10.5. The number of carbonyl (C=O) groups excluding carboxylic acids is 1. The van der Waals surface area contributed by atoms with Gasteiger partial charge in [-0.15, -0.1) is 6.42 Å². The van der Waals surface area contributed by atoms with Crippen LogP contribution in [0.4, 0.5) is 18.9 Å². The molecule has 0 aliphatic carbocycles. The van der Waals surface area contributed by atoms with Crippen LogP contribution in [-0.4, -0.2) is 50.1 Å². The van der Waals surface area contributed by atoms with Crippen molar-refractivity contribution in [2.24, 2.45) is 0 Å². The first-order chi connectivity index (χ1) is 15.3. The maximum absolute atomic E-state index is 14.0. The fourth-order valence-corrected chi connectivity index (χ4v) is 3.83. The van der Waals surface area contributed by atoms with Gasteiger partial charge in [0, 0.05) is 62.6 Å². The molecule has 170 valence electrons. The van der Waals surface area contributed by atoms with Crippen molar-refractivity contribution in [1.29, 1.82) is 0 Å². The minimum atomic E-state index is -4.61. The van der Waals surface area contributed by atoms with Crippen molar-refractivity contribution < 1.29 is 18.0 Å². The van der Waals surface area contributed by atoms with E-state index >= 15 is 0 Å². The van der Waals surface area contributed by atoms with Crippen LogP contribution in [0, 0.1) is 19.3 Å². The highest BCUT2D eigenvalue weighted by Gasteiger charge is 2.37. The lowest BCUT2D eigenvalue weighted by molar-refractivity contribution is -0.138. The number of hydrogen-bond donors (Lipinski definition) is 3. The van der Waals surface area contributed by atoms with E-state index in [1.165, 1.54) is 13.0 Å². The average Bonchev–Trinajstić information content (AvgIpc) is 2.78. The molecule has 8 heteroatoms. The Morgan fingerprint density at radius 3 is 2.53 bits per heavy atom. The van der Waals surface area contributed by atoms with Crippen LogP contribution >= 0.6 is 0 Å². The Labute approximate surface area is 186 Å². The molecule has 2 aromatic rings. The number of hydrogen-bond acceptors (Lipinski definition) is 4. The van der Waals surface area contributed by atoms with Crippen LogP contribution in [0.3, 0.4) is 0 Å². The standard InChI is InChI=1S/C24H27F3N4O/c1-3-18-15-21(30-23(32)19-7-5-4-6-8-19)17(2)22(24(25,26)27)20(18)16-29-11-14-31-12-9-28-10-13-31/h1,4-8,15,28-29H,9-14,16H2,2H3,(H,30,32). The predicted molar refractivity (Wildman–Crippen MR) is 120 cm³/mol. The Balaban J connectivity index is 1.82. The number of benzene rings is 2. The molecule has 5 nitrogen and oxygen atoms in total. The number of anilines is 1. The number of carbonyl (C=O) groups is 1. The minimum absolute atomic E-state index is 0.00574. The molecule has 3 rings (SSSR count). The van der Waals surface area contributed by atoms with E-state index in [0.717, 1.165) is 32.7 Å². The van der Waals surface area contributed by atoms with E-state index in [4.69, 9.17) is 6.42 Å². The van der Waals surface area contributed by atoms with Crippen LogP contribution in [0.5, 0.6) is 0 Å². The summed E-state index contributed by atoms with van der Waals surface area (Å²) in [5.41, 5.74) is -0.313. The third-order valence-corrected chi connectivity index (χ3v) is 5.53. The number of rotatable bonds is 7. The highest BCUT2D eigenvalue weighted by Crippen LogP contribution is 2.39. The van der Waals surface area contributed by atoms with Crippen molar-refractivity contribution in [1.82, 2.24) is 15.5 Å². The number of terminal acetylenes is 1. The third kappa shape index (κ3) is 5.88. The lowest BCUT2D eigenvalue weighted by Gasteiger charge is -2.27. The Kier molecular flexibility index (Phi) is 7.91. The fourth-order valence-electron chi connectivity index (χ4n) is 3.83. The maximum atomic E-state index is 14.0. The quantitative estimate of drug-likeness (QED) is 0.453. The molecule has 1 aliphatic heterocycles. The van der Waals surface area contributed by atoms with Gasteiger partial charge >= 0.3 is 6.18 Å². The SMILES string of the molecule is C#Cc1cc(NC(=O)c2ccccc2)c(C)c(C(F)(F)F)c1CNCCN1CCNCC1. The lowest BCUT2D eigenvalue weighted by atomic mass is 9.94. The van der Waals surface area contributed by atoms with E-state index in [9.17, 15) is 18.0 Å². The summed E-state index contributed by atoms with van der Waals surface area (Å²) in [6.45, 7) is 6.30. The molecular weight excluding hydrogens is 417 g/mol. The van der Waals surface area contributed by atoms with Gasteiger partial charge in [-0.2, -0.15) is 13.2 Å². The highest BCUT2D eigenvalue weighted by atomic mass is 19.4. The number of nitrogens with one attached hydrogen (secondary N) is 3. The molecule has 1 aliphatic rings. The van der Waals surface area contributed by atoms with Crippen molar-refractivity contribution in [3.05, 3.63) is 64.2 Å². The van der Waals surface area contributed by atoms with Gasteiger partial charge in [0.15, 0.2) is 0 Å². The van der Waals surface area contributed by atoms with Gasteiger partial charge < -0.3 is 16.0 Å². The van der Waals surface area contributed by atoms with E-state index in [2.05, 4.69) is 26.8 Å². The Morgan fingerprint density at radius 1 is 1.22 bits per heavy atom. The van der Waals surface area contributed by atoms with Crippen LogP contribution < -0.4 is 16.0 Å². The predicted octanol–water partition coefficient (Wildman–Crippen LogP) is 3.24. The Bertz CT molecular complexity index is 977. The average molecular weight is 445 g/mol. The van der Waals surface area contributed by atoms with E-state index in [-0.39, 0.29) is 28.9 Å². The van der Waals surface area contributed by atoms with Gasteiger partial charge in [0.1, 0.15) is 0 Å². The smallest absolute Gasteiger partial charge is 0.322 e. The Morgan fingerprint density at radius 2 is 1.91 bits per heavy atom. The molecule has 2 aromatic carbocycles. The molecule has 0 unspecified atom stereocenters. The summed E-state index contributed by atoms with van der Waals surface area (Å²) in [6, 6.07) is 9.75. The van der Waals surface area contributed by atoms with Gasteiger partial charge in [0.05, 0.1) is 5.56 Å². The number of halogens is 3. The summed E-state index contributed by atoms with van der Waals surface area (Å²) in [7, 11) is 0. The first-order valence-corrected chi connectivity index (χ1v) is 10.5. The maximum Gasteiger partial charge on any atom is 0.417 e. The van der Waals surface area contributed by atoms with Crippen molar-refractivity contribution in [3.63, 3.8) is 0 Å². The van der Waals surface area contributed by atoms with Crippen molar-refractivity contribution in [2.45, 2.75) is 19.6 Å². The third-order valence-electron chi connectivity index (χ3n) is 5.53. The second kappa shape index (κ2) is 10.6. The molecule has 0 bridgehead atoms. The van der Waals surface area contributed by atoms with Gasteiger partial charge in [0.2, 0.25) is 0 Å². The summed E-state index contributed by atoms with van der Waals surface area (Å²) in [5, 5.41) is 8.95. The topological polar surface area (TPSA) is 56.4 Å². The van der Waals surface area contributed by atoms with Crippen molar-refractivity contribution in [3.8, 4) is 12.3 Å². The monoisotopic (exact) mass is 444 g/mol. The molecule has 1 fully saturated rings. The number of piperazine rings is 1. The molecular formula is C24H27F3N4O. The molecule has 1 amide bonds. The van der Waals surface area contributed by atoms with Crippen LogP contribution in [-0.2, 0) is 12.7 Å². The van der Waals surface area contributed by atoms with Crippen molar-refractivity contribution >= 4 is 11.6 Å². The number of amides is 1. The zero-order valence-corrected chi connectivity index (χ0v) is 18.0. The summed E-state index contributed by atoms with van der Waals surface area (Å²) < 4.78 is 42.1. The van der Waals surface area contributed by atoms with Gasteiger partial charge in [-0.05, 0) is 36.2 Å². The molecule has 0 spiro atoms.